The highest BCUT2D eigenvalue weighted by Gasteiger charge is 2.27. The number of likely N-dealkylation sites (tertiary alicyclic amines) is 1. The van der Waals surface area contributed by atoms with Crippen LogP contribution in [0, 0.1) is 10.1 Å². The van der Waals surface area contributed by atoms with E-state index in [-0.39, 0.29) is 22.4 Å². The molecular formula is C14H21N2O4S+. The van der Waals surface area contributed by atoms with E-state index in [0.29, 0.717) is 0 Å². The quantitative estimate of drug-likeness (QED) is 0.645. The molecule has 0 bridgehead atoms. The van der Waals surface area contributed by atoms with E-state index >= 15 is 0 Å². The number of non-ortho nitro benzene ring substituents is 1. The predicted molar refractivity (Wildman–Crippen MR) is 79.2 cm³/mol. The third-order valence-electron chi connectivity index (χ3n) is 4.07. The lowest BCUT2D eigenvalue weighted by molar-refractivity contribution is -0.925. The second-order valence-electron chi connectivity index (χ2n) is 5.65. The zero-order chi connectivity index (χ0) is 15.5. The first-order valence-corrected chi connectivity index (χ1v) is 8.87. The Balaban J connectivity index is 2.08. The Morgan fingerprint density at radius 2 is 1.76 bits per heavy atom. The van der Waals surface area contributed by atoms with Gasteiger partial charge in [0.15, 0.2) is 9.84 Å². The van der Waals surface area contributed by atoms with Crippen molar-refractivity contribution in [3.05, 3.63) is 34.4 Å². The number of quaternary nitrogens is 1. The molecule has 0 spiro atoms. The van der Waals surface area contributed by atoms with Gasteiger partial charge >= 0.3 is 0 Å². The normalized spacial score (nSPS) is 18.3. The molecule has 1 heterocycles. The van der Waals surface area contributed by atoms with E-state index in [2.05, 4.69) is 0 Å². The number of nitro benzene ring substituents is 1. The maximum atomic E-state index is 12.4. The van der Waals surface area contributed by atoms with Gasteiger partial charge in [-0.1, -0.05) is 0 Å². The molecule has 0 unspecified atom stereocenters. The molecule has 1 N–H and O–H groups in total. The van der Waals surface area contributed by atoms with E-state index in [4.69, 9.17) is 0 Å². The van der Waals surface area contributed by atoms with Crippen LogP contribution < -0.4 is 4.90 Å². The van der Waals surface area contributed by atoms with Gasteiger partial charge in [0.05, 0.1) is 29.0 Å². The Kier molecular flexibility index (Phi) is 4.95. The molecule has 1 aromatic rings. The average molecular weight is 313 g/mol. The first kappa shape index (κ1) is 15.9. The molecule has 1 saturated heterocycles. The van der Waals surface area contributed by atoms with Crippen molar-refractivity contribution in [2.24, 2.45) is 0 Å². The lowest BCUT2D eigenvalue weighted by atomic mass is 10.1. The van der Waals surface area contributed by atoms with Crippen LogP contribution in [0.2, 0.25) is 0 Å². The number of hydrogen-bond acceptors (Lipinski definition) is 4. The van der Waals surface area contributed by atoms with Gasteiger partial charge in [-0.15, -0.1) is 0 Å². The zero-order valence-electron chi connectivity index (χ0n) is 12.1. The molecule has 0 aliphatic carbocycles. The molecule has 1 aliphatic heterocycles. The minimum absolute atomic E-state index is 0.0468. The molecule has 0 saturated carbocycles. The summed E-state index contributed by atoms with van der Waals surface area (Å²) < 4.78 is 24.8. The van der Waals surface area contributed by atoms with Crippen molar-refractivity contribution in [1.82, 2.24) is 0 Å². The fourth-order valence-electron chi connectivity index (χ4n) is 2.82. The lowest BCUT2D eigenvalue weighted by Crippen LogP contribution is -3.16. The number of benzene rings is 1. The van der Waals surface area contributed by atoms with Gasteiger partial charge < -0.3 is 4.90 Å². The van der Waals surface area contributed by atoms with Crippen molar-refractivity contribution in [1.29, 1.82) is 0 Å². The number of nitrogens with one attached hydrogen (secondary N) is 1. The number of nitrogens with zero attached hydrogens (tertiary/aromatic N) is 1. The highest BCUT2D eigenvalue weighted by molar-refractivity contribution is 7.91. The van der Waals surface area contributed by atoms with E-state index in [1.54, 1.807) is 0 Å². The first-order chi connectivity index (χ1) is 9.90. The van der Waals surface area contributed by atoms with Crippen molar-refractivity contribution in [2.75, 3.05) is 18.8 Å². The summed E-state index contributed by atoms with van der Waals surface area (Å²) in [5, 5.41) is 10.6. The van der Waals surface area contributed by atoms with Crippen LogP contribution in [0.1, 0.15) is 26.2 Å². The molecule has 116 valence electrons. The Morgan fingerprint density at radius 3 is 2.29 bits per heavy atom. The summed E-state index contributed by atoms with van der Waals surface area (Å²) in [5.74, 6) is 0.0835. The van der Waals surface area contributed by atoms with Gasteiger partial charge in [0.2, 0.25) is 0 Å². The van der Waals surface area contributed by atoms with E-state index < -0.39 is 14.8 Å². The second kappa shape index (κ2) is 6.53. The average Bonchev–Trinajstić information content (AvgIpc) is 2.48. The van der Waals surface area contributed by atoms with Crippen LogP contribution in [-0.4, -0.2) is 38.2 Å². The molecule has 1 atom stereocenters. The lowest BCUT2D eigenvalue weighted by Gasteiger charge is -2.29. The van der Waals surface area contributed by atoms with E-state index in [0.717, 1.165) is 25.9 Å². The van der Waals surface area contributed by atoms with Crippen molar-refractivity contribution in [3.8, 4) is 0 Å². The minimum atomic E-state index is -3.39. The van der Waals surface area contributed by atoms with Gasteiger partial charge in [0.1, 0.15) is 5.75 Å². The molecular weight excluding hydrogens is 292 g/mol. The minimum Gasteiger partial charge on any atom is -0.332 e. The fourth-order valence-corrected chi connectivity index (χ4v) is 4.45. The molecule has 0 radical (unpaired) electrons. The smallest absolute Gasteiger partial charge is 0.269 e. The first-order valence-electron chi connectivity index (χ1n) is 7.22. The number of sulfone groups is 1. The molecule has 6 nitrogen and oxygen atoms in total. The molecule has 7 heteroatoms. The molecule has 2 rings (SSSR count). The van der Waals surface area contributed by atoms with E-state index in [9.17, 15) is 18.5 Å². The summed E-state index contributed by atoms with van der Waals surface area (Å²) in [7, 11) is -3.39. The molecule has 1 aliphatic rings. The van der Waals surface area contributed by atoms with Crippen LogP contribution in [0.4, 0.5) is 5.69 Å². The Hall–Kier alpha value is -1.47. The largest absolute Gasteiger partial charge is 0.332 e. The van der Waals surface area contributed by atoms with Gasteiger partial charge in [-0.25, -0.2) is 8.42 Å². The third kappa shape index (κ3) is 4.01. The molecule has 0 amide bonds. The predicted octanol–water partition coefficient (Wildman–Crippen LogP) is 0.826. The van der Waals surface area contributed by atoms with Gasteiger partial charge in [-0.05, 0) is 38.3 Å². The van der Waals surface area contributed by atoms with E-state index in [1.165, 1.54) is 35.6 Å². The van der Waals surface area contributed by atoms with Gasteiger partial charge in [0, 0.05) is 12.1 Å². The molecule has 0 aromatic heterocycles. The summed E-state index contributed by atoms with van der Waals surface area (Å²) in [4.78, 5) is 11.6. The highest BCUT2D eigenvalue weighted by Crippen LogP contribution is 2.17. The molecule has 21 heavy (non-hydrogen) atoms. The summed E-state index contributed by atoms with van der Waals surface area (Å²) in [6, 6.07) is 5.18. The standard InChI is InChI=1S/C14H20N2O4S/c1-12(15-9-3-2-4-10-15)11-21(19,20)14-7-5-13(6-8-14)16(17)18/h5-8,12H,2-4,9-11H2,1H3/p+1/t12-/m0/s1. The Bertz CT molecular complexity index is 592. The topological polar surface area (TPSA) is 81.7 Å². The van der Waals surface area contributed by atoms with Crippen LogP contribution in [0.5, 0.6) is 0 Å². The number of piperidine rings is 1. The highest BCUT2D eigenvalue weighted by atomic mass is 32.2. The van der Waals surface area contributed by atoms with Crippen LogP contribution in [-0.2, 0) is 9.84 Å². The number of rotatable bonds is 5. The summed E-state index contributed by atoms with van der Waals surface area (Å²) in [5.41, 5.74) is -0.0938. The monoisotopic (exact) mass is 313 g/mol. The van der Waals surface area contributed by atoms with Crippen molar-refractivity contribution in [3.63, 3.8) is 0 Å². The third-order valence-corrected chi connectivity index (χ3v) is 6.00. The summed E-state index contributed by atoms with van der Waals surface area (Å²) >= 11 is 0. The van der Waals surface area contributed by atoms with Gasteiger partial charge in [0.25, 0.3) is 5.69 Å². The van der Waals surface area contributed by atoms with Crippen molar-refractivity contribution in [2.45, 2.75) is 37.1 Å². The van der Waals surface area contributed by atoms with Crippen LogP contribution in [0.3, 0.4) is 0 Å². The van der Waals surface area contributed by atoms with Crippen LogP contribution in [0.15, 0.2) is 29.2 Å². The maximum Gasteiger partial charge on any atom is 0.269 e. The molecule has 1 aromatic carbocycles. The van der Waals surface area contributed by atoms with E-state index in [1.807, 2.05) is 6.92 Å². The molecule has 1 fully saturated rings. The van der Waals surface area contributed by atoms with Crippen LogP contribution in [0.25, 0.3) is 0 Å². The van der Waals surface area contributed by atoms with Crippen LogP contribution >= 0.6 is 0 Å². The number of hydrogen-bond donors (Lipinski definition) is 1. The van der Waals surface area contributed by atoms with Crippen molar-refractivity contribution >= 4 is 15.5 Å². The summed E-state index contributed by atoms with van der Waals surface area (Å²) in [6.07, 6.45) is 3.53. The Morgan fingerprint density at radius 1 is 1.19 bits per heavy atom. The van der Waals surface area contributed by atoms with Gasteiger partial charge in [-0.2, -0.15) is 0 Å². The SMILES string of the molecule is C[C@@H](CS(=O)(=O)c1ccc([N+](=O)[O-])cc1)[NH+]1CCCCC1. The number of nitro groups is 1. The zero-order valence-corrected chi connectivity index (χ0v) is 12.9. The van der Waals surface area contributed by atoms with Gasteiger partial charge in [-0.3, -0.25) is 10.1 Å². The summed E-state index contributed by atoms with van der Waals surface area (Å²) in [6.45, 7) is 4.01. The maximum absolute atomic E-state index is 12.4. The fraction of sp³-hybridized carbons (Fsp3) is 0.571. The Labute approximate surface area is 124 Å². The van der Waals surface area contributed by atoms with Crippen molar-refractivity contribution < 1.29 is 18.2 Å². The second-order valence-corrected chi connectivity index (χ2v) is 7.69.